The van der Waals surface area contributed by atoms with Gasteiger partial charge in [-0.25, -0.2) is 0 Å². The lowest BCUT2D eigenvalue weighted by Gasteiger charge is -2.37. The highest BCUT2D eigenvalue weighted by atomic mass is 35.5. The number of hydrogen-bond donors (Lipinski definition) is 1. The van der Waals surface area contributed by atoms with Crippen molar-refractivity contribution in [2.45, 2.75) is 17.5 Å². The van der Waals surface area contributed by atoms with Gasteiger partial charge in [0.05, 0.1) is 23.2 Å². The highest BCUT2D eigenvalue weighted by molar-refractivity contribution is 6.34. The van der Waals surface area contributed by atoms with Gasteiger partial charge < -0.3 is 14.6 Å². The molecule has 4 aromatic rings. The molecule has 186 valence electrons. The highest BCUT2D eigenvalue weighted by Crippen LogP contribution is 2.58. The number of nitrogens with one attached hydrogen (secondary N) is 1. The van der Waals surface area contributed by atoms with Crippen LogP contribution in [0.3, 0.4) is 0 Å². The van der Waals surface area contributed by atoms with Gasteiger partial charge >= 0.3 is 0 Å². The van der Waals surface area contributed by atoms with Crippen LogP contribution in [0.4, 0.5) is 11.4 Å². The maximum atomic E-state index is 14.6. The van der Waals surface area contributed by atoms with E-state index in [-0.39, 0.29) is 33.8 Å². The van der Waals surface area contributed by atoms with Crippen molar-refractivity contribution < 1.29 is 18.8 Å². The third-order valence-electron chi connectivity index (χ3n) is 8.00. The zero-order valence-corrected chi connectivity index (χ0v) is 20.8. The van der Waals surface area contributed by atoms with Crippen LogP contribution in [0.15, 0.2) is 102 Å². The molecule has 3 aromatic carbocycles. The number of nitrogens with zero attached hydrogens (tertiary/aromatic N) is 1. The number of anilines is 2. The number of halogens is 1. The Morgan fingerprint density at radius 1 is 0.895 bits per heavy atom. The molecule has 1 amide bonds. The molecule has 1 spiro atoms. The summed E-state index contributed by atoms with van der Waals surface area (Å²) in [5, 5.41) is 3.28. The molecule has 1 fully saturated rings. The quantitative estimate of drug-likeness (QED) is 0.345. The van der Waals surface area contributed by atoms with Crippen LogP contribution in [0.25, 0.3) is 6.08 Å². The number of hydrogen-bond acceptors (Lipinski definition) is 5. The molecule has 1 saturated heterocycles. The lowest BCUT2D eigenvalue weighted by Crippen LogP contribution is -2.51. The average Bonchev–Trinajstić information content (AvgIpc) is 3.65. The van der Waals surface area contributed by atoms with Crippen molar-refractivity contribution in [2.75, 3.05) is 10.2 Å². The monoisotopic (exact) mass is 520 g/mol. The molecule has 4 unspecified atom stereocenters. The van der Waals surface area contributed by atoms with E-state index >= 15 is 0 Å². The molecule has 7 rings (SSSR count). The number of carbonyl (C=O) groups excluding carboxylic acids is 3. The Morgan fingerprint density at radius 2 is 1.66 bits per heavy atom. The second kappa shape index (κ2) is 8.30. The molecule has 6 nitrogen and oxygen atoms in total. The molecular weight excluding hydrogens is 500 g/mol. The van der Waals surface area contributed by atoms with Gasteiger partial charge in [0.2, 0.25) is 11.7 Å². The predicted octanol–water partition coefficient (Wildman–Crippen LogP) is 5.79. The summed E-state index contributed by atoms with van der Waals surface area (Å²) in [6.45, 7) is 0. The third-order valence-corrected chi connectivity index (χ3v) is 8.33. The summed E-state index contributed by atoms with van der Waals surface area (Å²) < 4.78 is 5.55. The summed E-state index contributed by atoms with van der Waals surface area (Å²) in [5.41, 5.74) is 1.87. The van der Waals surface area contributed by atoms with E-state index in [0.29, 0.717) is 11.3 Å². The van der Waals surface area contributed by atoms with Crippen molar-refractivity contribution in [2.24, 2.45) is 5.92 Å². The molecule has 0 saturated carbocycles. The fraction of sp³-hybridized carbons (Fsp3) is 0.129. The van der Waals surface area contributed by atoms with Gasteiger partial charge in [0.15, 0.2) is 11.5 Å². The number of fused-ring (bicyclic) bond motifs is 6. The van der Waals surface area contributed by atoms with Crippen LogP contribution >= 0.6 is 11.6 Å². The Hall–Kier alpha value is -4.42. The Kier molecular flexibility index (Phi) is 4.97. The summed E-state index contributed by atoms with van der Waals surface area (Å²) >= 11 is 6.54. The van der Waals surface area contributed by atoms with E-state index in [9.17, 15) is 14.4 Å². The topological polar surface area (TPSA) is 79.6 Å². The summed E-state index contributed by atoms with van der Waals surface area (Å²) in [4.78, 5) is 45.1. The minimum atomic E-state index is -1.39. The summed E-state index contributed by atoms with van der Waals surface area (Å²) in [6, 6.07) is 23.4. The molecule has 0 aliphatic carbocycles. The van der Waals surface area contributed by atoms with Crippen molar-refractivity contribution in [1.82, 2.24) is 0 Å². The Morgan fingerprint density at radius 3 is 2.47 bits per heavy atom. The molecule has 4 atom stereocenters. The van der Waals surface area contributed by atoms with Gasteiger partial charge in [-0.2, -0.15) is 0 Å². The number of Topliss-reactive ketones (excluding diaryl/α,β-unsaturated/α-hetero) is 2. The zero-order chi connectivity index (χ0) is 26.0. The average molecular weight is 521 g/mol. The van der Waals surface area contributed by atoms with Crippen LogP contribution in [0, 0.1) is 5.92 Å². The number of benzene rings is 3. The van der Waals surface area contributed by atoms with E-state index in [4.69, 9.17) is 16.0 Å². The number of para-hydroxylation sites is 2. The third kappa shape index (κ3) is 2.92. The predicted molar refractivity (Wildman–Crippen MR) is 145 cm³/mol. The first-order valence-corrected chi connectivity index (χ1v) is 12.7. The van der Waals surface area contributed by atoms with Crippen molar-refractivity contribution >= 4 is 46.5 Å². The molecule has 3 aliphatic heterocycles. The summed E-state index contributed by atoms with van der Waals surface area (Å²) in [6.07, 6.45) is 5.33. The van der Waals surface area contributed by atoms with Crippen LogP contribution in [0.2, 0.25) is 5.02 Å². The molecule has 0 radical (unpaired) electrons. The first-order chi connectivity index (χ1) is 18.5. The van der Waals surface area contributed by atoms with E-state index in [0.717, 1.165) is 11.3 Å². The number of carbonyl (C=O) groups is 3. The van der Waals surface area contributed by atoms with Gasteiger partial charge in [-0.05, 0) is 47.5 Å². The second-order valence-corrected chi connectivity index (χ2v) is 10.2. The maximum absolute atomic E-state index is 14.6. The Bertz CT molecular complexity index is 1660. The minimum absolute atomic E-state index is 0.126. The Labute approximate surface area is 223 Å². The van der Waals surface area contributed by atoms with E-state index in [1.54, 1.807) is 36.4 Å². The zero-order valence-electron chi connectivity index (χ0n) is 20.0. The molecule has 3 aliphatic rings. The van der Waals surface area contributed by atoms with Gasteiger partial charge in [-0.15, -0.1) is 0 Å². The van der Waals surface area contributed by atoms with Gasteiger partial charge in [0.1, 0.15) is 11.5 Å². The summed E-state index contributed by atoms with van der Waals surface area (Å²) in [7, 11) is 0. The molecule has 1 aromatic heterocycles. The van der Waals surface area contributed by atoms with Crippen molar-refractivity contribution in [3.63, 3.8) is 0 Å². The fourth-order valence-corrected chi connectivity index (χ4v) is 6.74. The lowest BCUT2D eigenvalue weighted by molar-refractivity contribution is -0.121. The fourth-order valence-electron chi connectivity index (χ4n) is 6.51. The molecule has 1 N–H and O–H groups in total. The normalized spacial score (nSPS) is 24.6. The number of furan rings is 1. The van der Waals surface area contributed by atoms with Crippen molar-refractivity contribution in [3.8, 4) is 0 Å². The standard InChI is InChI=1S/C31H21ClN2O4/c32-21-11-4-2-9-19(21)28(35)26-27(29(36)24-14-7-17-38-24)34-23-13-6-1-8-18(23)15-16-25(34)31(26)20-10-3-5-12-22(20)33-30(31)37/h1-17,25-27H,(H,33,37). The van der Waals surface area contributed by atoms with Crippen molar-refractivity contribution in [1.29, 1.82) is 0 Å². The largest absolute Gasteiger partial charge is 0.461 e. The smallest absolute Gasteiger partial charge is 0.238 e. The van der Waals surface area contributed by atoms with Crippen LogP contribution in [-0.4, -0.2) is 29.6 Å². The van der Waals surface area contributed by atoms with Crippen LogP contribution in [-0.2, 0) is 10.2 Å². The van der Waals surface area contributed by atoms with Gasteiger partial charge in [-0.1, -0.05) is 72.3 Å². The van der Waals surface area contributed by atoms with Crippen LogP contribution in [0.1, 0.15) is 32.0 Å². The number of ketones is 2. The van der Waals surface area contributed by atoms with Crippen molar-refractivity contribution in [3.05, 3.63) is 125 Å². The first kappa shape index (κ1) is 22.8. The molecule has 0 bridgehead atoms. The van der Waals surface area contributed by atoms with E-state index in [1.165, 1.54) is 6.26 Å². The highest BCUT2D eigenvalue weighted by Gasteiger charge is 2.70. The van der Waals surface area contributed by atoms with E-state index in [2.05, 4.69) is 5.32 Å². The van der Waals surface area contributed by atoms with Gasteiger partial charge in [-0.3, -0.25) is 14.4 Å². The number of rotatable bonds is 4. The summed E-state index contributed by atoms with van der Waals surface area (Å²) in [5.74, 6) is -2.03. The first-order valence-electron chi connectivity index (χ1n) is 12.4. The maximum Gasteiger partial charge on any atom is 0.238 e. The molecule has 38 heavy (non-hydrogen) atoms. The van der Waals surface area contributed by atoms with Crippen LogP contribution in [0.5, 0.6) is 0 Å². The molecular formula is C31H21ClN2O4. The number of amides is 1. The Balaban J connectivity index is 1.56. The minimum Gasteiger partial charge on any atom is -0.461 e. The van der Waals surface area contributed by atoms with E-state index < -0.39 is 23.4 Å². The molecule has 4 heterocycles. The SMILES string of the molecule is O=C(c1ccco1)C1C(C(=O)c2ccccc2Cl)C2(C(=O)Nc3ccccc32)C2C=Cc3ccccc3N12. The van der Waals surface area contributed by atoms with Gasteiger partial charge in [0.25, 0.3) is 0 Å². The second-order valence-electron chi connectivity index (χ2n) is 9.75. The molecule has 7 heteroatoms. The lowest BCUT2D eigenvalue weighted by atomic mass is 9.64. The van der Waals surface area contributed by atoms with Gasteiger partial charge in [0, 0.05) is 16.9 Å². The van der Waals surface area contributed by atoms with E-state index in [1.807, 2.05) is 65.6 Å². The van der Waals surface area contributed by atoms with Crippen LogP contribution < -0.4 is 10.2 Å².